The van der Waals surface area contributed by atoms with E-state index in [9.17, 15) is 9.90 Å². The largest absolute Gasteiger partial charge is 0.481 e. The fourth-order valence-electron chi connectivity index (χ4n) is 1.43. The smallest absolute Gasteiger partial charge is 0.306 e. The van der Waals surface area contributed by atoms with E-state index in [0.29, 0.717) is 5.92 Å². The van der Waals surface area contributed by atoms with Gasteiger partial charge in [0.25, 0.3) is 0 Å². The van der Waals surface area contributed by atoms with Crippen LogP contribution in [0.5, 0.6) is 0 Å². The van der Waals surface area contributed by atoms with E-state index >= 15 is 0 Å². The van der Waals surface area contributed by atoms with Crippen LogP contribution >= 0.6 is 11.3 Å². The topological polar surface area (TPSA) is 70.4 Å². The molecule has 1 aliphatic carbocycles. The van der Waals surface area contributed by atoms with E-state index < -0.39 is 12.1 Å². The fraction of sp³-hybridized carbons (Fsp3) is 0.556. The van der Waals surface area contributed by atoms with Crippen molar-refractivity contribution in [2.24, 2.45) is 0 Å². The number of aromatic nitrogens is 1. The van der Waals surface area contributed by atoms with Gasteiger partial charge in [-0.15, -0.1) is 11.3 Å². The van der Waals surface area contributed by atoms with Gasteiger partial charge < -0.3 is 10.2 Å². The minimum absolute atomic E-state index is 0.234. The number of hydrogen-bond acceptors (Lipinski definition) is 4. The fourth-order valence-corrected chi connectivity index (χ4v) is 2.29. The van der Waals surface area contributed by atoms with Crippen molar-refractivity contribution in [3.8, 4) is 0 Å². The summed E-state index contributed by atoms with van der Waals surface area (Å²) in [4.78, 5) is 15.3. The molecule has 1 aromatic rings. The Labute approximate surface area is 85.2 Å². The molecule has 1 aliphatic rings. The molecule has 1 fully saturated rings. The summed E-state index contributed by atoms with van der Waals surface area (Å²) in [5, 5.41) is 18.2. The summed E-state index contributed by atoms with van der Waals surface area (Å²) in [6, 6.07) is 0. The average molecular weight is 213 g/mol. The van der Waals surface area contributed by atoms with Gasteiger partial charge in [-0.1, -0.05) is 0 Å². The number of hydrogen-bond donors (Lipinski definition) is 2. The number of rotatable bonds is 4. The molecule has 4 nitrogen and oxygen atoms in total. The predicted octanol–water partition coefficient (Wildman–Crippen LogP) is 1.53. The van der Waals surface area contributed by atoms with E-state index in [2.05, 4.69) is 4.98 Å². The van der Waals surface area contributed by atoms with E-state index in [1.165, 1.54) is 11.3 Å². The van der Waals surface area contributed by atoms with Gasteiger partial charge in [-0.25, -0.2) is 4.98 Å². The third kappa shape index (κ3) is 1.93. The molecule has 5 heteroatoms. The number of carbonyl (C=O) groups is 1. The molecule has 0 saturated heterocycles. The van der Waals surface area contributed by atoms with Crippen LogP contribution in [-0.2, 0) is 4.79 Å². The van der Waals surface area contributed by atoms with E-state index in [0.717, 1.165) is 23.4 Å². The Morgan fingerprint density at radius 2 is 2.43 bits per heavy atom. The van der Waals surface area contributed by atoms with Gasteiger partial charge in [0.2, 0.25) is 0 Å². The van der Waals surface area contributed by atoms with Crippen molar-refractivity contribution in [3.63, 3.8) is 0 Å². The minimum Gasteiger partial charge on any atom is -0.481 e. The van der Waals surface area contributed by atoms with E-state index in [4.69, 9.17) is 5.11 Å². The molecule has 2 rings (SSSR count). The molecule has 0 aromatic carbocycles. The van der Waals surface area contributed by atoms with Crippen molar-refractivity contribution < 1.29 is 15.0 Å². The standard InChI is InChI=1S/C9H11NO3S/c11-6(3-7(12)13)9-8(5-1-2-5)10-4-14-9/h4-6,11H,1-3H2,(H,12,13)/t6-/m1/s1. The van der Waals surface area contributed by atoms with Crippen molar-refractivity contribution in [2.75, 3.05) is 0 Å². The summed E-state index contributed by atoms with van der Waals surface area (Å²) in [7, 11) is 0. The zero-order valence-corrected chi connectivity index (χ0v) is 8.33. The molecule has 2 N–H and O–H groups in total. The maximum atomic E-state index is 10.4. The highest BCUT2D eigenvalue weighted by atomic mass is 32.1. The Morgan fingerprint density at radius 1 is 1.71 bits per heavy atom. The Morgan fingerprint density at radius 3 is 3.00 bits per heavy atom. The minimum atomic E-state index is -0.979. The van der Waals surface area contributed by atoms with Gasteiger partial charge in [0, 0.05) is 5.92 Å². The van der Waals surface area contributed by atoms with Crippen molar-refractivity contribution in [1.82, 2.24) is 4.98 Å². The zero-order chi connectivity index (χ0) is 10.1. The summed E-state index contributed by atoms with van der Waals surface area (Å²) >= 11 is 1.34. The van der Waals surface area contributed by atoms with Crippen LogP contribution in [0.3, 0.4) is 0 Å². The molecule has 1 aromatic heterocycles. The van der Waals surface area contributed by atoms with Gasteiger partial charge in [-0.05, 0) is 12.8 Å². The molecule has 0 radical (unpaired) electrons. The molecular formula is C9H11NO3S. The monoisotopic (exact) mass is 213 g/mol. The van der Waals surface area contributed by atoms with Crippen LogP contribution in [0.4, 0.5) is 0 Å². The van der Waals surface area contributed by atoms with Crippen LogP contribution in [-0.4, -0.2) is 21.2 Å². The first-order chi connectivity index (χ1) is 6.68. The molecule has 1 heterocycles. The molecule has 0 spiro atoms. The first-order valence-corrected chi connectivity index (χ1v) is 5.39. The zero-order valence-electron chi connectivity index (χ0n) is 7.51. The second-order valence-corrected chi connectivity index (χ2v) is 4.38. The molecule has 14 heavy (non-hydrogen) atoms. The van der Waals surface area contributed by atoms with E-state index in [-0.39, 0.29) is 6.42 Å². The highest BCUT2D eigenvalue weighted by molar-refractivity contribution is 7.09. The maximum absolute atomic E-state index is 10.4. The van der Waals surface area contributed by atoms with Crippen LogP contribution in [0.25, 0.3) is 0 Å². The number of thiazole rings is 1. The number of aliphatic carboxylic acids is 1. The summed E-state index contributed by atoms with van der Waals surface area (Å²) in [6.07, 6.45) is 1.09. The lowest BCUT2D eigenvalue weighted by molar-refractivity contribution is -0.139. The SMILES string of the molecule is O=C(O)C[C@@H](O)c1scnc1C1CC1. The summed E-state index contributed by atoms with van der Waals surface area (Å²) in [5.41, 5.74) is 2.58. The van der Waals surface area contributed by atoms with Gasteiger partial charge in [-0.3, -0.25) is 4.79 Å². The lowest BCUT2D eigenvalue weighted by Crippen LogP contribution is -2.05. The molecule has 76 valence electrons. The highest BCUT2D eigenvalue weighted by Gasteiger charge is 2.30. The molecule has 0 bridgehead atoms. The molecule has 1 atom stereocenters. The Balaban J connectivity index is 2.13. The van der Waals surface area contributed by atoms with Gasteiger partial charge in [0.1, 0.15) is 6.10 Å². The number of carboxylic acids is 1. The van der Waals surface area contributed by atoms with Crippen molar-refractivity contribution in [3.05, 3.63) is 16.1 Å². The third-order valence-electron chi connectivity index (χ3n) is 2.26. The second kappa shape index (κ2) is 3.67. The van der Waals surface area contributed by atoms with Gasteiger partial charge in [0.15, 0.2) is 0 Å². The molecule has 0 unspecified atom stereocenters. The summed E-state index contributed by atoms with van der Waals surface area (Å²) in [6.45, 7) is 0. The highest BCUT2D eigenvalue weighted by Crippen LogP contribution is 2.43. The predicted molar refractivity (Wildman–Crippen MR) is 51.3 cm³/mol. The van der Waals surface area contributed by atoms with Crippen molar-refractivity contribution in [1.29, 1.82) is 0 Å². The molecule has 0 aliphatic heterocycles. The average Bonchev–Trinajstić information content (AvgIpc) is 2.82. The number of aliphatic hydroxyl groups is 1. The van der Waals surface area contributed by atoms with E-state index in [1.54, 1.807) is 5.51 Å². The lowest BCUT2D eigenvalue weighted by atomic mass is 10.1. The van der Waals surface area contributed by atoms with Gasteiger partial charge in [0.05, 0.1) is 22.5 Å². The van der Waals surface area contributed by atoms with Crippen molar-refractivity contribution >= 4 is 17.3 Å². The van der Waals surface area contributed by atoms with Crippen LogP contribution in [0.15, 0.2) is 5.51 Å². The quantitative estimate of drug-likeness (QED) is 0.795. The normalized spacial score (nSPS) is 18.1. The first-order valence-electron chi connectivity index (χ1n) is 4.51. The van der Waals surface area contributed by atoms with E-state index in [1.807, 2.05) is 0 Å². The Kier molecular flexibility index (Phi) is 2.52. The van der Waals surface area contributed by atoms with Crippen molar-refractivity contribution in [2.45, 2.75) is 31.3 Å². The van der Waals surface area contributed by atoms with Gasteiger partial charge >= 0.3 is 5.97 Å². The Bertz CT molecular complexity index is 346. The second-order valence-electron chi connectivity index (χ2n) is 3.49. The maximum Gasteiger partial charge on any atom is 0.306 e. The molecular weight excluding hydrogens is 202 g/mol. The van der Waals surface area contributed by atoms with Crippen LogP contribution in [0, 0.1) is 0 Å². The summed E-state index contributed by atoms with van der Waals surface area (Å²) < 4.78 is 0. The third-order valence-corrected chi connectivity index (χ3v) is 3.20. The Hall–Kier alpha value is -0.940. The van der Waals surface area contributed by atoms with Crippen LogP contribution in [0.1, 0.15) is 41.9 Å². The summed E-state index contributed by atoms with van der Waals surface area (Å²) in [5.74, 6) is -0.521. The first kappa shape index (κ1) is 9.61. The molecule has 0 amide bonds. The van der Waals surface area contributed by atoms with Gasteiger partial charge in [-0.2, -0.15) is 0 Å². The van der Waals surface area contributed by atoms with Crippen LogP contribution in [0.2, 0.25) is 0 Å². The number of nitrogens with zero attached hydrogens (tertiary/aromatic N) is 1. The molecule has 1 saturated carbocycles. The number of carboxylic acid groups (broad SMARTS) is 1. The number of aliphatic hydroxyl groups excluding tert-OH is 1. The van der Waals surface area contributed by atoms with Crippen LogP contribution < -0.4 is 0 Å². The lowest BCUT2D eigenvalue weighted by Gasteiger charge is -2.06.